The van der Waals surface area contributed by atoms with Gasteiger partial charge in [0.15, 0.2) is 10.7 Å². The SMILES string of the molecule is COC(=O)[C@@H](N)CCC(=O)Nc1cc([SH](=O)=O)cc(Cl)c1C. The fraction of sp³-hybridized carbons (Fsp3) is 0.385. The van der Waals surface area contributed by atoms with Crippen molar-refractivity contribution in [1.29, 1.82) is 0 Å². The molecule has 0 radical (unpaired) electrons. The first-order valence-electron chi connectivity index (χ1n) is 6.34. The van der Waals surface area contributed by atoms with E-state index < -0.39 is 28.6 Å². The highest BCUT2D eigenvalue weighted by molar-refractivity contribution is 7.72. The van der Waals surface area contributed by atoms with Crippen molar-refractivity contribution in [1.82, 2.24) is 0 Å². The van der Waals surface area contributed by atoms with E-state index in [0.717, 1.165) is 0 Å². The number of thiol groups is 1. The van der Waals surface area contributed by atoms with E-state index in [1.54, 1.807) is 6.92 Å². The molecule has 0 aliphatic rings. The molecule has 9 heteroatoms. The van der Waals surface area contributed by atoms with Crippen molar-refractivity contribution in [2.45, 2.75) is 30.7 Å². The number of halogens is 1. The minimum atomic E-state index is -2.81. The topological polar surface area (TPSA) is 116 Å². The van der Waals surface area contributed by atoms with Crippen LogP contribution in [0.25, 0.3) is 0 Å². The quantitative estimate of drug-likeness (QED) is 0.518. The fourth-order valence-electron chi connectivity index (χ4n) is 1.67. The molecule has 1 rings (SSSR count). The number of esters is 1. The van der Waals surface area contributed by atoms with E-state index in [9.17, 15) is 18.0 Å². The Balaban J connectivity index is 2.78. The van der Waals surface area contributed by atoms with Crippen molar-refractivity contribution in [3.05, 3.63) is 22.7 Å². The minimum Gasteiger partial charge on any atom is -0.468 e. The van der Waals surface area contributed by atoms with Crippen LogP contribution in [0, 0.1) is 6.92 Å². The lowest BCUT2D eigenvalue weighted by Crippen LogP contribution is -2.32. The molecule has 122 valence electrons. The van der Waals surface area contributed by atoms with Crippen molar-refractivity contribution in [2.75, 3.05) is 12.4 Å². The Morgan fingerprint density at radius 2 is 2.05 bits per heavy atom. The third-order valence-corrected chi connectivity index (χ3v) is 4.07. The van der Waals surface area contributed by atoms with E-state index in [2.05, 4.69) is 10.1 Å². The number of nitrogens with two attached hydrogens (primary N) is 1. The van der Waals surface area contributed by atoms with Crippen molar-refractivity contribution in [3.8, 4) is 0 Å². The lowest BCUT2D eigenvalue weighted by Gasteiger charge is -2.12. The van der Waals surface area contributed by atoms with E-state index in [4.69, 9.17) is 17.3 Å². The van der Waals surface area contributed by atoms with Gasteiger partial charge in [-0.1, -0.05) is 11.6 Å². The van der Waals surface area contributed by atoms with Gasteiger partial charge in [0.2, 0.25) is 5.91 Å². The summed E-state index contributed by atoms with van der Waals surface area (Å²) in [4.78, 5) is 23.0. The average Bonchev–Trinajstić information content (AvgIpc) is 2.48. The summed E-state index contributed by atoms with van der Waals surface area (Å²) < 4.78 is 26.5. The second kappa shape index (κ2) is 8.11. The van der Waals surface area contributed by atoms with Gasteiger partial charge in [0.25, 0.3) is 0 Å². The van der Waals surface area contributed by atoms with Gasteiger partial charge in [-0.25, -0.2) is 8.42 Å². The second-order valence-electron chi connectivity index (χ2n) is 4.57. The summed E-state index contributed by atoms with van der Waals surface area (Å²) in [6, 6.07) is 1.75. The van der Waals surface area contributed by atoms with E-state index in [1.165, 1.54) is 19.2 Å². The number of carbonyl (C=O) groups excluding carboxylic acids is 2. The number of nitrogens with one attached hydrogen (secondary N) is 1. The van der Waals surface area contributed by atoms with E-state index in [-0.39, 0.29) is 22.8 Å². The summed E-state index contributed by atoms with van der Waals surface area (Å²) in [5, 5.41) is 2.79. The molecular weight excluding hydrogens is 332 g/mol. The molecule has 0 saturated carbocycles. The Morgan fingerprint density at radius 1 is 1.41 bits per heavy atom. The molecule has 1 atom stereocenters. The van der Waals surface area contributed by atoms with Gasteiger partial charge in [-0.05, 0) is 31.0 Å². The summed E-state index contributed by atoms with van der Waals surface area (Å²) in [5.74, 6) is -1.01. The molecule has 1 aromatic rings. The number of benzene rings is 1. The average molecular weight is 349 g/mol. The smallest absolute Gasteiger partial charge is 0.322 e. The van der Waals surface area contributed by atoms with Crippen molar-refractivity contribution >= 4 is 39.9 Å². The highest BCUT2D eigenvalue weighted by atomic mass is 35.5. The van der Waals surface area contributed by atoms with Crippen molar-refractivity contribution in [2.24, 2.45) is 5.73 Å². The van der Waals surface area contributed by atoms with Gasteiger partial charge in [0.1, 0.15) is 6.04 Å². The van der Waals surface area contributed by atoms with Crippen LogP contribution < -0.4 is 11.1 Å². The Labute approximate surface area is 134 Å². The first-order valence-corrected chi connectivity index (χ1v) is 7.89. The second-order valence-corrected chi connectivity index (χ2v) is 6.01. The first-order chi connectivity index (χ1) is 10.3. The number of rotatable bonds is 6. The van der Waals surface area contributed by atoms with Gasteiger partial charge in [-0.15, -0.1) is 0 Å². The van der Waals surface area contributed by atoms with E-state index in [1.807, 2.05) is 0 Å². The maximum absolute atomic E-state index is 11.9. The highest BCUT2D eigenvalue weighted by Crippen LogP contribution is 2.26. The van der Waals surface area contributed by atoms with Crippen LogP contribution in [0.1, 0.15) is 18.4 Å². The fourth-order valence-corrected chi connectivity index (χ4v) is 2.43. The summed E-state index contributed by atoms with van der Waals surface area (Å²) in [6.07, 6.45) is 0.0991. The normalized spacial score (nSPS) is 12.0. The van der Waals surface area contributed by atoms with Gasteiger partial charge in [0, 0.05) is 17.1 Å². The number of carbonyl (C=O) groups is 2. The Bertz CT molecular complexity index is 652. The van der Waals surface area contributed by atoms with Crippen LogP contribution in [-0.2, 0) is 25.0 Å². The number of hydrogen-bond acceptors (Lipinski definition) is 6. The molecule has 22 heavy (non-hydrogen) atoms. The zero-order chi connectivity index (χ0) is 16.9. The van der Waals surface area contributed by atoms with Crippen LogP contribution in [0.4, 0.5) is 5.69 Å². The molecule has 0 aliphatic heterocycles. The molecular formula is C13H17ClN2O5S. The Morgan fingerprint density at radius 3 is 2.59 bits per heavy atom. The zero-order valence-electron chi connectivity index (χ0n) is 12.1. The molecule has 1 amide bonds. The third kappa shape index (κ3) is 4.97. The number of anilines is 1. The third-order valence-electron chi connectivity index (χ3n) is 3.00. The number of ether oxygens (including phenoxy) is 1. The van der Waals surface area contributed by atoms with Gasteiger partial charge in [0.05, 0.1) is 12.0 Å². The highest BCUT2D eigenvalue weighted by Gasteiger charge is 2.16. The van der Waals surface area contributed by atoms with E-state index in [0.29, 0.717) is 11.3 Å². The molecule has 0 aromatic heterocycles. The lowest BCUT2D eigenvalue weighted by molar-refractivity contribution is -0.142. The number of methoxy groups -OCH3 is 1. The van der Waals surface area contributed by atoms with Crippen molar-refractivity contribution < 1.29 is 22.7 Å². The van der Waals surface area contributed by atoms with Crippen LogP contribution in [0.3, 0.4) is 0 Å². The Hall–Kier alpha value is -1.64. The predicted octanol–water partition coefficient (Wildman–Crippen LogP) is 0.838. The summed E-state index contributed by atoms with van der Waals surface area (Å²) in [7, 11) is -1.60. The monoisotopic (exact) mass is 348 g/mol. The van der Waals surface area contributed by atoms with Crippen LogP contribution in [0.15, 0.2) is 17.0 Å². The van der Waals surface area contributed by atoms with E-state index >= 15 is 0 Å². The van der Waals surface area contributed by atoms with Crippen LogP contribution in [0.5, 0.6) is 0 Å². The molecule has 0 saturated heterocycles. The largest absolute Gasteiger partial charge is 0.468 e. The van der Waals surface area contributed by atoms with Crippen molar-refractivity contribution in [3.63, 3.8) is 0 Å². The molecule has 7 nitrogen and oxygen atoms in total. The van der Waals surface area contributed by atoms with Crippen LogP contribution in [-0.4, -0.2) is 33.4 Å². The molecule has 3 N–H and O–H groups in total. The molecule has 0 aliphatic carbocycles. The van der Waals surface area contributed by atoms with Gasteiger partial charge < -0.3 is 15.8 Å². The molecule has 1 aromatic carbocycles. The van der Waals surface area contributed by atoms with Gasteiger partial charge in [-0.3, -0.25) is 9.59 Å². The maximum Gasteiger partial charge on any atom is 0.322 e. The summed E-state index contributed by atoms with van der Waals surface area (Å²) in [5.41, 5.74) is 6.38. The van der Waals surface area contributed by atoms with Gasteiger partial charge >= 0.3 is 5.97 Å². The Kier molecular flexibility index (Phi) is 6.79. The zero-order valence-corrected chi connectivity index (χ0v) is 13.7. The standard InChI is InChI=1S/C13H17ClN2O5S/c1-7-9(14)5-8(22(19)20)6-11(7)16-12(17)4-3-10(15)13(18)21-2/h5-6,10,22H,3-4,15H2,1-2H3,(H,16,17)/t10-/m0/s1. The molecule has 0 unspecified atom stereocenters. The van der Waals surface area contributed by atoms with Crippen LogP contribution >= 0.6 is 11.6 Å². The predicted molar refractivity (Wildman–Crippen MR) is 82.6 cm³/mol. The first kappa shape index (κ1) is 18.4. The van der Waals surface area contributed by atoms with Crippen LogP contribution in [0.2, 0.25) is 5.02 Å². The van der Waals surface area contributed by atoms with Gasteiger partial charge in [-0.2, -0.15) is 0 Å². The summed E-state index contributed by atoms with van der Waals surface area (Å²) in [6.45, 7) is 1.65. The maximum atomic E-state index is 11.9. The summed E-state index contributed by atoms with van der Waals surface area (Å²) >= 11 is 5.93. The molecule has 0 fully saturated rings. The molecule has 0 spiro atoms. The minimum absolute atomic E-state index is 0.00663. The molecule has 0 bridgehead atoms. The number of amides is 1. The lowest BCUT2D eigenvalue weighted by atomic mass is 10.1. The number of hydrogen-bond donors (Lipinski definition) is 3. The molecule has 0 heterocycles.